The molecule has 1 aromatic carbocycles. The highest BCUT2D eigenvalue weighted by molar-refractivity contribution is 5.67. The van der Waals surface area contributed by atoms with Crippen LogP contribution in [0.5, 0.6) is 0 Å². The van der Waals surface area contributed by atoms with Crippen molar-refractivity contribution in [2.24, 2.45) is 5.73 Å². The van der Waals surface area contributed by atoms with E-state index in [4.69, 9.17) is 15.1 Å². The van der Waals surface area contributed by atoms with E-state index >= 15 is 0 Å². The smallest absolute Gasteiger partial charge is 0.226 e. The molecule has 23 heavy (non-hydrogen) atoms. The summed E-state index contributed by atoms with van der Waals surface area (Å²) in [6, 6.07) is 16.0. The SMILES string of the molecule is NC1CCN(c2nc(-c3ccccc3)cc(-c3ccco3)n2)C1. The highest BCUT2D eigenvalue weighted by atomic mass is 16.3. The van der Waals surface area contributed by atoms with E-state index in [2.05, 4.69) is 9.88 Å². The molecule has 1 saturated heterocycles. The van der Waals surface area contributed by atoms with Gasteiger partial charge >= 0.3 is 0 Å². The summed E-state index contributed by atoms with van der Waals surface area (Å²) >= 11 is 0. The van der Waals surface area contributed by atoms with E-state index < -0.39 is 0 Å². The molecule has 0 bridgehead atoms. The van der Waals surface area contributed by atoms with Crippen molar-refractivity contribution in [1.82, 2.24) is 9.97 Å². The van der Waals surface area contributed by atoms with Crippen molar-refractivity contribution < 1.29 is 4.42 Å². The largest absolute Gasteiger partial charge is 0.463 e. The summed E-state index contributed by atoms with van der Waals surface area (Å²) in [5.74, 6) is 1.46. The Morgan fingerprint density at radius 3 is 2.57 bits per heavy atom. The Hall–Kier alpha value is -2.66. The van der Waals surface area contributed by atoms with Gasteiger partial charge in [0, 0.05) is 24.7 Å². The van der Waals surface area contributed by atoms with Gasteiger partial charge in [-0.05, 0) is 24.6 Å². The third kappa shape index (κ3) is 2.83. The lowest BCUT2D eigenvalue weighted by Gasteiger charge is -2.17. The molecule has 5 nitrogen and oxygen atoms in total. The maximum absolute atomic E-state index is 6.03. The molecule has 0 aliphatic carbocycles. The molecule has 1 aliphatic rings. The number of hydrogen-bond acceptors (Lipinski definition) is 5. The molecular weight excluding hydrogens is 288 g/mol. The van der Waals surface area contributed by atoms with Crippen LogP contribution in [0.2, 0.25) is 0 Å². The van der Waals surface area contributed by atoms with E-state index in [-0.39, 0.29) is 6.04 Å². The quantitative estimate of drug-likeness (QED) is 0.805. The van der Waals surface area contributed by atoms with E-state index in [0.717, 1.165) is 42.2 Å². The summed E-state index contributed by atoms with van der Waals surface area (Å²) < 4.78 is 5.52. The molecule has 3 heterocycles. The Balaban J connectivity index is 1.81. The molecule has 1 unspecified atom stereocenters. The van der Waals surface area contributed by atoms with Gasteiger partial charge in [-0.2, -0.15) is 0 Å². The van der Waals surface area contributed by atoms with E-state index in [9.17, 15) is 0 Å². The molecule has 0 spiro atoms. The number of nitrogens with zero attached hydrogens (tertiary/aromatic N) is 3. The number of aromatic nitrogens is 2. The second kappa shape index (κ2) is 5.85. The minimum Gasteiger partial charge on any atom is -0.463 e. The Bertz CT molecular complexity index is 786. The monoisotopic (exact) mass is 306 g/mol. The van der Waals surface area contributed by atoms with Gasteiger partial charge in [0.05, 0.1) is 12.0 Å². The second-order valence-electron chi connectivity index (χ2n) is 5.78. The zero-order valence-corrected chi connectivity index (χ0v) is 12.7. The Kier molecular flexibility index (Phi) is 3.55. The topological polar surface area (TPSA) is 68.2 Å². The van der Waals surface area contributed by atoms with Gasteiger partial charge in [-0.25, -0.2) is 9.97 Å². The lowest BCUT2D eigenvalue weighted by molar-refractivity contribution is 0.579. The van der Waals surface area contributed by atoms with Gasteiger partial charge in [0.15, 0.2) is 5.76 Å². The van der Waals surface area contributed by atoms with Crippen LogP contribution in [0.3, 0.4) is 0 Å². The van der Waals surface area contributed by atoms with Crippen LogP contribution in [0.15, 0.2) is 59.2 Å². The number of benzene rings is 1. The Morgan fingerprint density at radius 1 is 1.04 bits per heavy atom. The van der Waals surface area contributed by atoms with Crippen LogP contribution in [0.1, 0.15) is 6.42 Å². The first-order valence-electron chi connectivity index (χ1n) is 7.78. The zero-order valence-electron chi connectivity index (χ0n) is 12.7. The number of rotatable bonds is 3. The first-order chi connectivity index (χ1) is 11.3. The third-order valence-electron chi connectivity index (χ3n) is 4.07. The van der Waals surface area contributed by atoms with Crippen LogP contribution >= 0.6 is 0 Å². The van der Waals surface area contributed by atoms with Gasteiger partial charge in [-0.3, -0.25) is 0 Å². The standard InChI is InChI=1S/C18H18N4O/c19-14-8-9-22(12-14)18-20-15(13-5-2-1-3-6-13)11-16(21-18)17-7-4-10-23-17/h1-7,10-11,14H,8-9,12,19H2. The molecule has 116 valence electrons. The van der Waals surface area contributed by atoms with Crippen LogP contribution in [-0.2, 0) is 0 Å². The molecule has 0 saturated carbocycles. The van der Waals surface area contributed by atoms with Gasteiger partial charge in [-0.1, -0.05) is 30.3 Å². The first-order valence-corrected chi connectivity index (χ1v) is 7.78. The van der Waals surface area contributed by atoms with Crippen molar-refractivity contribution in [3.63, 3.8) is 0 Å². The number of hydrogen-bond donors (Lipinski definition) is 1. The molecule has 1 atom stereocenters. The fraction of sp³-hybridized carbons (Fsp3) is 0.222. The average Bonchev–Trinajstić information content (AvgIpc) is 3.27. The second-order valence-corrected chi connectivity index (χ2v) is 5.78. The average molecular weight is 306 g/mol. The predicted molar refractivity (Wildman–Crippen MR) is 90.0 cm³/mol. The molecule has 3 aromatic rings. The van der Waals surface area contributed by atoms with Crippen LogP contribution in [-0.4, -0.2) is 29.1 Å². The summed E-state index contributed by atoms with van der Waals surface area (Å²) in [5.41, 5.74) is 8.77. The van der Waals surface area contributed by atoms with Gasteiger partial charge in [0.25, 0.3) is 0 Å². The summed E-state index contributed by atoms with van der Waals surface area (Å²) in [4.78, 5) is 11.6. The summed E-state index contributed by atoms with van der Waals surface area (Å²) in [6.45, 7) is 1.67. The molecule has 4 rings (SSSR count). The van der Waals surface area contributed by atoms with Gasteiger partial charge in [0.2, 0.25) is 5.95 Å². The summed E-state index contributed by atoms with van der Waals surface area (Å²) in [6.07, 6.45) is 2.63. The Labute approximate surface area is 134 Å². The van der Waals surface area contributed by atoms with E-state index in [0.29, 0.717) is 5.95 Å². The van der Waals surface area contributed by atoms with Crippen molar-refractivity contribution in [3.8, 4) is 22.7 Å². The van der Waals surface area contributed by atoms with Crippen molar-refractivity contribution in [2.45, 2.75) is 12.5 Å². The van der Waals surface area contributed by atoms with Crippen LogP contribution in [0.25, 0.3) is 22.7 Å². The van der Waals surface area contributed by atoms with E-state index in [1.807, 2.05) is 48.5 Å². The van der Waals surface area contributed by atoms with Crippen molar-refractivity contribution in [3.05, 3.63) is 54.8 Å². The summed E-state index contributed by atoms with van der Waals surface area (Å²) in [7, 11) is 0. The summed E-state index contributed by atoms with van der Waals surface area (Å²) in [5, 5.41) is 0. The Morgan fingerprint density at radius 2 is 1.87 bits per heavy atom. The normalized spacial score (nSPS) is 17.6. The maximum Gasteiger partial charge on any atom is 0.226 e. The highest BCUT2D eigenvalue weighted by Gasteiger charge is 2.23. The fourth-order valence-corrected chi connectivity index (χ4v) is 2.85. The predicted octanol–water partition coefficient (Wildman–Crippen LogP) is 2.94. The van der Waals surface area contributed by atoms with Crippen molar-refractivity contribution >= 4 is 5.95 Å². The highest BCUT2D eigenvalue weighted by Crippen LogP contribution is 2.27. The third-order valence-corrected chi connectivity index (χ3v) is 4.07. The van der Waals surface area contributed by atoms with Gasteiger partial charge in [-0.15, -0.1) is 0 Å². The van der Waals surface area contributed by atoms with E-state index in [1.165, 1.54) is 0 Å². The molecule has 2 aromatic heterocycles. The van der Waals surface area contributed by atoms with Gasteiger partial charge < -0.3 is 15.1 Å². The lowest BCUT2D eigenvalue weighted by Crippen LogP contribution is -2.27. The first kappa shape index (κ1) is 14.0. The minimum absolute atomic E-state index is 0.186. The molecule has 5 heteroatoms. The molecule has 0 amide bonds. The number of furan rings is 1. The minimum atomic E-state index is 0.186. The van der Waals surface area contributed by atoms with Crippen molar-refractivity contribution in [2.75, 3.05) is 18.0 Å². The number of nitrogens with two attached hydrogens (primary N) is 1. The lowest BCUT2D eigenvalue weighted by atomic mass is 10.1. The molecule has 1 fully saturated rings. The van der Waals surface area contributed by atoms with Gasteiger partial charge in [0.1, 0.15) is 5.69 Å². The van der Waals surface area contributed by atoms with Crippen LogP contribution in [0, 0.1) is 0 Å². The molecule has 2 N–H and O–H groups in total. The maximum atomic E-state index is 6.03. The van der Waals surface area contributed by atoms with Crippen LogP contribution in [0.4, 0.5) is 5.95 Å². The fourth-order valence-electron chi connectivity index (χ4n) is 2.85. The van der Waals surface area contributed by atoms with E-state index in [1.54, 1.807) is 6.26 Å². The van der Waals surface area contributed by atoms with Crippen molar-refractivity contribution in [1.29, 1.82) is 0 Å². The molecular formula is C18H18N4O. The molecule has 0 radical (unpaired) electrons. The van der Waals surface area contributed by atoms with Crippen LogP contribution < -0.4 is 10.6 Å². The zero-order chi connectivity index (χ0) is 15.6. The molecule has 1 aliphatic heterocycles. The number of anilines is 1.